The molecule has 0 saturated heterocycles. The van der Waals surface area contributed by atoms with E-state index >= 15 is 0 Å². The SMILES string of the molecule is Cc1cc(C(C)(O)Cc2ccc(Cl)cc2)cs1. The van der Waals surface area contributed by atoms with Crippen LogP contribution in [0.1, 0.15) is 22.9 Å². The molecule has 90 valence electrons. The maximum Gasteiger partial charge on any atom is 0.0916 e. The first-order chi connectivity index (χ1) is 7.97. The molecule has 1 unspecified atom stereocenters. The molecule has 3 heteroatoms. The Morgan fingerprint density at radius 1 is 1.29 bits per heavy atom. The van der Waals surface area contributed by atoms with Crippen LogP contribution < -0.4 is 0 Å². The minimum atomic E-state index is -0.821. The average Bonchev–Trinajstić information content (AvgIpc) is 2.69. The van der Waals surface area contributed by atoms with Gasteiger partial charge in [-0.2, -0.15) is 0 Å². The van der Waals surface area contributed by atoms with Gasteiger partial charge in [-0.15, -0.1) is 11.3 Å². The van der Waals surface area contributed by atoms with Crippen LogP contribution in [0.3, 0.4) is 0 Å². The summed E-state index contributed by atoms with van der Waals surface area (Å²) in [6.45, 7) is 3.90. The summed E-state index contributed by atoms with van der Waals surface area (Å²) in [5.74, 6) is 0. The van der Waals surface area contributed by atoms with Crippen molar-refractivity contribution in [2.24, 2.45) is 0 Å². The van der Waals surface area contributed by atoms with Gasteiger partial charge in [0.25, 0.3) is 0 Å². The number of thiophene rings is 1. The van der Waals surface area contributed by atoms with Crippen molar-refractivity contribution in [1.29, 1.82) is 0 Å². The summed E-state index contributed by atoms with van der Waals surface area (Å²) in [5, 5.41) is 13.2. The van der Waals surface area contributed by atoms with E-state index < -0.39 is 5.60 Å². The van der Waals surface area contributed by atoms with Crippen molar-refractivity contribution in [2.45, 2.75) is 25.9 Å². The van der Waals surface area contributed by atoms with Crippen LogP contribution in [-0.2, 0) is 12.0 Å². The summed E-state index contributed by atoms with van der Waals surface area (Å²) in [4.78, 5) is 1.22. The van der Waals surface area contributed by atoms with Crippen LogP contribution in [0, 0.1) is 6.92 Å². The van der Waals surface area contributed by atoms with Gasteiger partial charge in [0.15, 0.2) is 0 Å². The highest BCUT2D eigenvalue weighted by Gasteiger charge is 2.24. The molecule has 0 radical (unpaired) electrons. The predicted octanol–water partition coefficient (Wildman–Crippen LogP) is 4.16. The highest BCUT2D eigenvalue weighted by Crippen LogP contribution is 2.29. The van der Waals surface area contributed by atoms with Crippen LogP contribution in [-0.4, -0.2) is 5.11 Å². The Kier molecular flexibility index (Phi) is 3.57. The zero-order chi connectivity index (χ0) is 12.5. The Labute approximate surface area is 111 Å². The molecular weight excluding hydrogens is 252 g/mol. The van der Waals surface area contributed by atoms with Gasteiger partial charge in [0.1, 0.15) is 0 Å². The fourth-order valence-corrected chi connectivity index (χ4v) is 2.78. The van der Waals surface area contributed by atoms with Crippen molar-refractivity contribution in [3.05, 3.63) is 56.7 Å². The van der Waals surface area contributed by atoms with Crippen LogP contribution in [0.15, 0.2) is 35.7 Å². The summed E-state index contributed by atoms with van der Waals surface area (Å²) in [5.41, 5.74) is 1.25. The number of hydrogen-bond acceptors (Lipinski definition) is 2. The Morgan fingerprint density at radius 2 is 1.94 bits per heavy atom. The Balaban J connectivity index is 2.19. The summed E-state index contributed by atoms with van der Waals surface area (Å²) < 4.78 is 0. The third kappa shape index (κ3) is 3.09. The number of rotatable bonds is 3. The first-order valence-electron chi connectivity index (χ1n) is 5.50. The van der Waals surface area contributed by atoms with E-state index in [1.165, 1.54) is 4.88 Å². The van der Waals surface area contributed by atoms with Gasteiger partial charge >= 0.3 is 0 Å². The Morgan fingerprint density at radius 3 is 2.47 bits per heavy atom. The lowest BCUT2D eigenvalue weighted by Crippen LogP contribution is -2.23. The number of hydrogen-bond donors (Lipinski definition) is 1. The molecule has 1 nitrogen and oxygen atoms in total. The van der Waals surface area contributed by atoms with Gasteiger partial charge in [-0.25, -0.2) is 0 Å². The largest absolute Gasteiger partial charge is 0.385 e. The van der Waals surface area contributed by atoms with Crippen molar-refractivity contribution < 1.29 is 5.11 Å². The van der Waals surface area contributed by atoms with Crippen LogP contribution in [0.5, 0.6) is 0 Å². The number of benzene rings is 1. The molecule has 1 aromatic carbocycles. The molecule has 17 heavy (non-hydrogen) atoms. The molecule has 0 aliphatic rings. The van der Waals surface area contributed by atoms with E-state index in [4.69, 9.17) is 11.6 Å². The minimum Gasteiger partial charge on any atom is -0.385 e. The zero-order valence-electron chi connectivity index (χ0n) is 9.90. The van der Waals surface area contributed by atoms with Gasteiger partial charge < -0.3 is 5.11 Å². The summed E-state index contributed by atoms with van der Waals surface area (Å²) >= 11 is 7.51. The molecule has 0 fully saturated rings. The Bertz CT molecular complexity index is 499. The van der Waals surface area contributed by atoms with E-state index in [0.29, 0.717) is 6.42 Å². The molecule has 0 saturated carbocycles. The molecule has 0 amide bonds. The molecule has 2 rings (SSSR count). The average molecular weight is 267 g/mol. The standard InChI is InChI=1S/C14H15ClOS/c1-10-7-12(9-17-10)14(2,16)8-11-3-5-13(15)6-4-11/h3-7,9,16H,8H2,1-2H3. The van der Waals surface area contributed by atoms with Crippen molar-refractivity contribution in [2.75, 3.05) is 0 Å². The topological polar surface area (TPSA) is 20.2 Å². The smallest absolute Gasteiger partial charge is 0.0916 e. The molecule has 1 atom stereocenters. The van der Waals surface area contributed by atoms with Crippen LogP contribution in [0.4, 0.5) is 0 Å². The monoisotopic (exact) mass is 266 g/mol. The van der Waals surface area contributed by atoms with Gasteiger partial charge in [0.05, 0.1) is 5.60 Å². The molecule has 1 aromatic heterocycles. The van der Waals surface area contributed by atoms with Gasteiger partial charge in [-0.05, 0) is 48.6 Å². The van der Waals surface area contributed by atoms with Gasteiger partial charge in [-0.3, -0.25) is 0 Å². The van der Waals surface area contributed by atoms with Crippen LogP contribution >= 0.6 is 22.9 Å². The van der Waals surface area contributed by atoms with Crippen LogP contribution in [0.25, 0.3) is 0 Å². The fourth-order valence-electron chi connectivity index (χ4n) is 1.83. The Hall–Kier alpha value is -0.830. The quantitative estimate of drug-likeness (QED) is 0.884. The van der Waals surface area contributed by atoms with Crippen LogP contribution in [0.2, 0.25) is 5.02 Å². The lowest BCUT2D eigenvalue weighted by molar-refractivity contribution is 0.0580. The summed E-state index contributed by atoms with van der Waals surface area (Å²) in [6.07, 6.45) is 0.598. The first kappa shape index (κ1) is 12.6. The summed E-state index contributed by atoms with van der Waals surface area (Å²) in [7, 11) is 0. The van der Waals surface area contributed by atoms with Crippen molar-refractivity contribution in [1.82, 2.24) is 0 Å². The molecule has 1 heterocycles. The minimum absolute atomic E-state index is 0.598. The third-order valence-corrected chi connectivity index (χ3v) is 3.93. The lowest BCUT2D eigenvalue weighted by Gasteiger charge is -2.22. The van der Waals surface area contributed by atoms with Gasteiger partial charge in [-0.1, -0.05) is 23.7 Å². The van der Waals surface area contributed by atoms with Gasteiger partial charge in [0.2, 0.25) is 0 Å². The molecule has 2 aromatic rings. The second-order valence-corrected chi connectivity index (χ2v) is 6.07. The molecular formula is C14H15ClOS. The lowest BCUT2D eigenvalue weighted by atomic mass is 9.91. The van der Waals surface area contributed by atoms with E-state index in [1.807, 2.05) is 49.6 Å². The molecule has 1 N–H and O–H groups in total. The zero-order valence-corrected chi connectivity index (χ0v) is 11.5. The van der Waals surface area contributed by atoms with E-state index in [9.17, 15) is 5.11 Å². The number of halogens is 1. The fraction of sp³-hybridized carbons (Fsp3) is 0.286. The predicted molar refractivity (Wildman–Crippen MR) is 73.8 cm³/mol. The molecule has 0 aliphatic carbocycles. The highest BCUT2D eigenvalue weighted by atomic mass is 35.5. The molecule has 0 aliphatic heterocycles. The van der Waals surface area contributed by atoms with Crippen molar-refractivity contribution in [3.63, 3.8) is 0 Å². The molecule has 0 spiro atoms. The van der Waals surface area contributed by atoms with Crippen molar-refractivity contribution in [3.8, 4) is 0 Å². The third-order valence-electron chi connectivity index (χ3n) is 2.81. The second kappa shape index (κ2) is 4.81. The van der Waals surface area contributed by atoms with E-state index in [-0.39, 0.29) is 0 Å². The van der Waals surface area contributed by atoms with Gasteiger partial charge in [0, 0.05) is 16.3 Å². The first-order valence-corrected chi connectivity index (χ1v) is 6.75. The second-order valence-electron chi connectivity index (χ2n) is 4.52. The highest BCUT2D eigenvalue weighted by molar-refractivity contribution is 7.10. The number of aryl methyl sites for hydroxylation is 1. The maximum atomic E-state index is 10.5. The van der Waals surface area contributed by atoms with E-state index in [2.05, 4.69) is 0 Å². The normalized spacial score (nSPS) is 14.6. The summed E-state index contributed by atoms with van der Waals surface area (Å²) in [6, 6.07) is 9.66. The van der Waals surface area contributed by atoms with E-state index in [0.717, 1.165) is 16.1 Å². The number of aliphatic hydroxyl groups is 1. The van der Waals surface area contributed by atoms with Crippen molar-refractivity contribution >= 4 is 22.9 Å². The molecule has 0 bridgehead atoms. The van der Waals surface area contributed by atoms with E-state index in [1.54, 1.807) is 11.3 Å². The maximum absolute atomic E-state index is 10.5.